The Bertz CT molecular complexity index is 1430. The normalized spacial score (nSPS) is 17.6. The molecule has 5 rings (SSSR count). The summed E-state index contributed by atoms with van der Waals surface area (Å²) in [4.78, 5) is 32.6. The van der Waals surface area contributed by atoms with Crippen LogP contribution in [0.15, 0.2) is 48.9 Å². The van der Waals surface area contributed by atoms with E-state index in [1.165, 1.54) is 0 Å². The minimum atomic E-state index is 0.0456. The highest BCUT2D eigenvalue weighted by molar-refractivity contribution is 5.74. The Morgan fingerprint density at radius 1 is 1.08 bits per heavy atom. The molecule has 37 heavy (non-hydrogen) atoms. The molecule has 1 aromatic carbocycles. The molecule has 4 heterocycles. The first-order valence-corrected chi connectivity index (χ1v) is 12.6. The second-order valence-electron chi connectivity index (χ2n) is 9.76. The van der Waals surface area contributed by atoms with Crippen molar-refractivity contribution in [2.75, 3.05) is 11.9 Å². The zero-order valence-corrected chi connectivity index (χ0v) is 21.9. The van der Waals surface area contributed by atoms with Gasteiger partial charge in [-0.05, 0) is 51.3 Å². The molecule has 9 nitrogen and oxygen atoms in total. The van der Waals surface area contributed by atoms with Crippen LogP contribution in [0.1, 0.15) is 49.8 Å². The van der Waals surface area contributed by atoms with Gasteiger partial charge in [0.2, 0.25) is 5.91 Å². The summed E-state index contributed by atoms with van der Waals surface area (Å²) in [6.07, 6.45) is 6.84. The molecule has 0 unspecified atom stereocenters. The number of nitrogens with one attached hydrogen (secondary N) is 1. The monoisotopic (exact) mass is 496 g/mol. The Morgan fingerprint density at radius 3 is 2.62 bits per heavy atom. The fraction of sp³-hybridized carbons (Fsp3) is 0.357. The number of benzene rings is 1. The second-order valence-corrected chi connectivity index (χ2v) is 9.76. The summed E-state index contributed by atoms with van der Waals surface area (Å²) in [7, 11) is 1.96. The van der Waals surface area contributed by atoms with E-state index in [4.69, 9.17) is 9.97 Å². The lowest BCUT2D eigenvalue weighted by atomic mass is 9.92. The number of aromatic nitrogens is 6. The van der Waals surface area contributed by atoms with Crippen molar-refractivity contribution in [3.63, 3.8) is 0 Å². The number of rotatable bonds is 5. The smallest absolute Gasteiger partial charge is 0.219 e. The van der Waals surface area contributed by atoms with Crippen molar-refractivity contribution in [1.82, 2.24) is 34.6 Å². The van der Waals surface area contributed by atoms with Crippen LogP contribution in [0.25, 0.3) is 22.5 Å². The predicted molar refractivity (Wildman–Crippen MR) is 143 cm³/mol. The van der Waals surface area contributed by atoms with Gasteiger partial charge in [0.05, 0.1) is 17.6 Å². The Kier molecular flexibility index (Phi) is 6.69. The lowest BCUT2D eigenvalue weighted by Crippen LogP contribution is -2.44. The van der Waals surface area contributed by atoms with Gasteiger partial charge in [-0.15, -0.1) is 0 Å². The Morgan fingerprint density at radius 2 is 1.92 bits per heavy atom. The molecule has 3 aromatic heterocycles. The van der Waals surface area contributed by atoms with Crippen LogP contribution in [0.3, 0.4) is 0 Å². The second kappa shape index (κ2) is 10.1. The Labute approximate surface area is 217 Å². The summed E-state index contributed by atoms with van der Waals surface area (Å²) in [6.45, 7) is 8.44. The first-order chi connectivity index (χ1) is 17.8. The molecule has 4 aromatic rings. The molecule has 9 heteroatoms. The van der Waals surface area contributed by atoms with E-state index in [9.17, 15) is 4.79 Å². The van der Waals surface area contributed by atoms with Crippen LogP contribution in [0.4, 0.5) is 11.5 Å². The van der Waals surface area contributed by atoms with E-state index in [-0.39, 0.29) is 17.9 Å². The third-order valence-electron chi connectivity index (χ3n) is 7.15. The maximum Gasteiger partial charge on any atom is 0.219 e. The van der Waals surface area contributed by atoms with Gasteiger partial charge in [0, 0.05) is 67.9 Å². The summed E-state index contributed by atoms with van der Waals surface area (Å²) in [5.74, 6) is 1.51. The SMILES string of the molecule is CC(=O)N1C[C@H](c2nc(Nc3cccc(-c4c(C)nn(C)c4C)c3)cc(-c3cnccn3)n2)CC[C@@H]1C. The van der Waals surface area contributed by atoms with E-state index in [1.54, 1.807) is 25.5 Å². The van der Waals surface area contributed by atoms with Crippen LogP contribution in [0.2, 0.25) is 0 Å². The van der Waals surface area contributed by atoms with Crippen LogP contribution in [-0.4, -0.2) is 53.1 Å². The van der Waals surface area contributed by atoms with E-state index >= 15 is 0 Å². The Hall–Kier alpha value is -4.14. The number of hydrogen-bond donors (Lipinski definition) is 1. The van der Waals surface area contributed by atoms with Gasteiger partial charge >= 0.3 is 0 Å². The molecule has 2 atom stereocenters. The van der Waals surface area contributed by atoms with E-state index in [2.05, 4.69) is 46.4 Å². The van der Waals surface area contributed by atoms with Gasteiger partial charge in [-0.25, -0.2) is 9.97 Å². The van der Waals surface area contributed by atoms with Gasteiger partial charge in [0.25, 0.3) is 0 Å². The summed E-state index contributed by atoms with van der Waals surface area (Å²) in [6, 6.07) is 10.4. The molecular formula is C28H32N8O. The molecule has 0 spiro atoms. The molecule has 0 radical (unpaired) electrons. The van der Waals surface area contributed by atoms with Crippen molar-refractivity contribution in [2.45, 2.75) is 52.5 Å². The van der Waals surface area contributed by atoms with Gasteiger partial charge in [-0.3, -0.25) is 19.4 Å². The molecule has 1 saturated heterocycles. The van der Waals surface area contributed by atoms with E-state index < -0.39 is 0 Å². The van der Waals surface area contributed by atoms with Gasteiger partial charge < -0.3 is 10.2 Å². The molecular weight excluding hydrogens is 464 g/mol. The van der Waals surface area contributed by atoms with Crippen molar-refractivity contribution in [3.8, 4) is 22.5 Å². The van der Waals surface area contributed by atoms with Crippen LogP contribution >= 0.6 is 0 Å². The number of carbonyl (C=O) groups is 1. The minimum absolute atomic E-state index is 0.0456. The number of likely N-dealkylation sites (tertiary alicyclic amines) is 1. The van der Waals surface area contributed by atoms with E-state index in [0.717, 1.165) is 41.0 Å². The van der Waals surface area contributed by atoms with Crippen molar-refractivity contribution >= 4 is 17.4 Å². The van der Waals surface area contributed by atoms with Gasteiger partial charge in [-0.1, -0.05) is 12.1 Å². The van der Waals surface area contributed by atoms with E-state index in [0.29, 0.717) is 29.6 Å². The number of anilines is 2. The first-order valence-electron chi connectivity index (χ1n) is 12.6. The molecule has 0 saturated carbocycles. The highest BCUT2D eigenvalue weighted by Gasteiger charge is 2.30. The molecule has 190 valence electrons. The molecule has 1 amide bonds. The van der Waals surface area contributed by atoms with Gasteiger partial charge in [0.15, 0.2) is 0 Å². The summed E-state index contributed by atoms with van der Waals surface area (Å²) >= 11 is 0. The van der Waals surface area contributed by atoms with Crippen LogP contribution in [0, 0.1) is 13.8 Å². The third kappa shape index (κ3) is 5.07. The number of aryl methyl sites for hydroxylation is 2. The zero-order valence-electron chi connectivity index (χ0n) is 21.9. The zero-order chi connectivity index (χ0) is 26.1. The summed E-state index contributed by atoms with van der Waals surface area (Å²) in [5.41, 5.74) is 6.63. The average Bonchev–Trinajstić information content (AvgIpc) is 3.15. The molecule has 0 bridgehead atoms. The Balaban J connectivity index is 1.51. The summed E-state index contributed by atoms with van der Waals surface area (Å²) < 4.78 is 1.91. The quantitative estimate of drug-likeness (QED) is 0.423. The maximum atomic E-state index is 12.2. The highest BCUT2D eigenvalue weighted by atomic mass is 16.2. The fourth-order valence-electron chi connectivity index (χ4n) is 5.12. The van der Waals surface area contributed by atoms with Gasteiger partial charge in [0.1, 0.15) is 17.3 Å². The molecule has 1 N–H and O–H groups in total. The predicted octanol–water partition coefficient (Wildman–Crippen LogP) is 4.81. The maximum absolute atomic E-state index is 12.2. The average molecular weight is 497 g/mol. The fourth-order valence-corrected chi connectivity index (χ4v) is 5.12. The lowest BCUT2D eigenvalue weighted by Gasteiger charge is -2.37. The number of hydrogen-bond acceptors (Lipinski definition) is 7. The van der Waals surface area contributed by atoms with E-state index in [1.807, 2.05) is 41.8 Å². The van der Waals surface area contributed by atoms with Crippen molar-refractivity contribution < 1.29 is 4.79 Å². The topological polar surface area (TPSA) is 102 Å². The highest BCUT2D eigenvalue weighted by Crippen LogP contribution is 2.32. The van der Waals surface area contributed by atoms with Crippen LogP contribution in [-0.2, 0) is 11.8 Å². The molecule has 1 fully saturated rings. The number of amides is 1. The minimum Gasteiger partial charge on any atom is -0.340 e. The third-order valence-corrected chi connectivity index (χ3v) is 7.15. The van der Waals surface area contributed by atoms with Crippen molar-refractivity contribution in [2.24, 2.45) is 7.05 Å². The van der Waals surface area contributed by atoms with Crippen LogP contribution in [0.5, 0.6) is 0 Å². The molecule has 1 aliphatic heterocycles. The van der Waals surface area contributed by atoms with Gasteiger partial charge in [-0.2, -0.15) is 5.10 Å². The molecule has 0 aliphatic carbocycles. The standard InChI is InChI=1S/C28H32N8O/c1-17-9-10-22(16-36(17)20(4)37)28-32-24(25-15-29-11-12-30-25)14-26(33-28)31-23-8-6-7-21(13-23)27-18(2)34-35(5)19(27)3/h6-8,11-15,17,22H,9-10,16H2,1-5H3,(H,31,32,33)/t17-,22+/m0/s1. The molecule has 1 aliphatic rings. The summed E-state index contributed by atoms with van der Waals surface area (Å²) in [5, 5.41) is 8.05. The lowest BCUT2D eigenvalue weighted by molar-refractivity contribution is -0.132. The number of carbonyl (C=O) groups excluding carboxylic acids is 1. The number of piperidine rings is 1. The van der Waals surface area contributed by atoms with Crippen molar-refractivity contribution in [3.05, 3.63) is 66.1 Å². The largest absolute Gasteiger partial charge is 0.340 e. The van der Waals surface area contributed by atoms with Crippen LogP contribution < -0.4 is 5.32 Å². The first kappa shape index (κ1) is 24.5. The van der Waals surface area contributed by atoms with Crippen molar-refractivity contribution in [1.29, 1.82) is 0 Å². The number of nitrogens with zero attached hydrogens (tertiary/aromatic N) is 7.